The number of ether oxygens (including phenoxy) is 2. The minimum absolute atomic E-state index is 0.0910. The number of halogens is 1. The lowest BCUT2D eigenvalue weighted by Crippen LogP contribution is -2.10. The second-order valence-electron chi connectivity index (χ2n) is 3.36. The monoisotopic (exact) mass is 285 g/mol. The summed E-state index contributed by atoms with van der Waals surface area (Å²) < 4.78 is 11.3. The molecule has 4 heteroatoms. The summed E-state index contributed by atoms with van der Waals surface area (Å²) in [4.78, 5) is 0. The highest BCUT2D eigenvalue weighted by Crippen LogP contribution is 2.36. The Bertz CT molecular complexity index is 380. The summed E-state index contributed by atoms with van der Waals surface area (Å²) in [6.07, 6.45) is 2.52. The first-order chi connectivity index (χ1) is 7.63. The molecule has 3 nitrogen and oxygen atoms in total. The Morgan fingerprint density at radius 2 is 1.94 bits per heavy atom. The molecule has 0 aliphatic heterocycles. The number of nitrogens with two attached hydrogens (primary N) is 1. The van der Waals surface area contributed by atoms with Crippen molar-refractivity contribution in [2.24, 2.45) is 5.73 Å². The van der Waals surface area contributed by atoms with Gasteiger partial charge in [0.15, 0.2) is 11.5 Å². The van der Waals surface area contributed by atoms with Gasteiger partial charge in [-0.15, -0.1) is 6.58 Å². The largest absolute Gasteiger partial charge is 0.493 e. The van der Waals surface area contributed by atoms with Gasteiger partial charge in [0.25, 0.3) is 0 Å². The van der Waals surface area contributed by atoms with E-state index in [-0.39, 0.29) is 6.04 Å². The number of benzene rings is 1. The summed E-state index contributed by atoms with van der Waals surface area (Å²) in [5.41, 5.74) is 7.01. The lowest BCUT2D eigenvalue weighted by molar-refractivity contribution is 0.354. The quantitative estimate of drug-likeness (QED) is 0.846. The minimum Gasteiger partial charge on any atom is -0.493 e. The normalized spacial score (nSPS) is 12.0. The van der Waals surface area contributed by atoms with E-state index in [1.807, 2.05) is 12.1 Å². The molecule has 1 atom stereocenters. The van der Waals surface area contributed by atoms with E-state index in [2.05, 4.69) is 22.5 Å². The van der Waals surface area contributed by atoms with Gasteiger partial charge in [0.1, 0.15) is 0 Å². The number of rotatable bonds is 5. The van der Waals surface area contributed by atoms with Gasteiger partial charge in [-0.1, -0.05) is 22.0 Å². The third kappa shape index (κ3) is 2.77. The van der Waals surface area contributed by atoms with Gasteiger partial charge in [-0.3, -0.25) is 0 Å². The molecule has 0 amide bonds. The van der Waals surface area contributed by atoms with Gasteiger partial charge in [0.2, 0.25) is 0 Å². The number of hydrogen-bond acceptors (Lipinski definition) is 3. The van der Waals surface area contributed by atoms with Crippen LogP contribution in [0, 0.1) is 0 Å². The van der Waals surface area contributed by atoms with Crippen LogP contribution in [0.25, 0.3) is 0 Å². The first-order valence-corrected chi connectivity index (χ1v) is 5.71. The molecule has 0 fully saturated rings. The Morgan fingerprint density at radius 3 is 2.44 bits per heavy atom. The molecule has 0 saturated carbocycles. The van der Waals surface area contributed by atoms with Crippen molar-refractivity contribution in [1.29, 1.82) is 0 Å². The molecule has 0 aliphatic carbocycles. The molecule has 1 rings (SSSR count). The van der Waals surface area contributed by atoms with Crippen molar-refractivity contribution in [3.63, 3.8) is 0 Å². The molecular weight excluding hydrogens is 270 g/mol. The summed E-state index contributed by atoms with van der Waals surface area (Å²) in [5, 5.41) is 0. The molecule has 0 spiro atoms. The standard InChI is InChI=1S/C12H16BrNO2/c1-4-5-10(14)8-6-11(15-2)12(16-3)7-9(8)13/h4,6-7,10H,1,5,14H2,2-3H3. The molecular formula is C12H16BrNO2. The maximum Gasteiger partial charge on any atom is 0.161 e. The van der Waals surface area contributed by atoms with Crippen LogP contribution in [0.4, 0.5) is 0 Å². The number of methoxy groups -OCH3 is 2. The first-order valence-electron chi connectivity index (χ1n) is 4.92. The van der Waals surface area contributed by atoms with Crippen LogP contribution in [0.15, 0.2) is 29.3 Å². The maximum absolute atomic E-state index is 6.02. The van der Waals surface area contributed by atoms with Crippen LogP contribution in [0.2, 0.25) is 0 Å². The molecule has 16 heavy (non-hydrogen) atoms. The second-order valence-corrected chi connectivity index (χ2v) is 4.21. The van der Waals surface area contributed by atoms with Gasteiger partial charge in [-0.2, -0.15) is 0 Å². The van der Waals surface area contributed by atoms with Gasteiger partial charge in [-0.05, 0) is 24.1 Å². The van der Waals surface area contributed by atoms with E-state index in [0.717, 1.165) is 10.0 Å². The summed E-state index contributed by atoms with van der Waals surface area (Å²) in [6, 6.07) is 3.65. The molecule has 0 aliphatic rings. The zero-order valence-corrected chi connectivity index (χ0v) is 11.1. The van der Waals surface area contributed by atoms with Gasteiger partial charge < -0.3 is 15.2 Å². The Kier molecular flexibility index (Phi) is 4.83. The molecule has 0 radical (unpaired) electrons. The van der Waals surface area contributed by atoms with Gasteiger partial charge >= 0.3 is 0 Å². The fourth-order valence-electron chi connectivity index (χ4n) is 1.46. The molecule has 1 aromatic carbocycles. The SMILES string of the molecule is C=CCC(N)c1cc(OC)c(OC)cc1Br. The lowest BCUT2D eigenvalue weighted by atomic mass is 10.0. The van der Waals surface area contributed by atoms with Gasteiger partial charge in [0.05, 0.1) is 14.2 Å². The topological polar surface area (TPSA) is 44.5 Å². The van der Waals surface area contributed by atoms with E-state index >= 15 is 0 Å². The van der Waals surface area contributed by atoms with E-state index < -0.39 is 0 Å². The van der Waals surface area contributed by atoms with Gasteiger partial charge in [-0.25, -0.2) is 0 Å². The van der Waals surface area contributed by atoms with Crippen molar-refractivity contribution in [3.8, 4) is 11.5 Å². The van der Waals surface area contributed by atoms with E-state index in [1.165, 1.54) is 0 Å². The Labute approximate surface area is 104 Å². The van der Waals surface area contributed by atoms with Crippen LogP contribution in [0.3, 0.4) is 0 Å². The Morgan fingerprint density at radius 1 is 1.38 bits per heavy atom. The average molecular weight is 286 g/mol. The summed E-state index contributed by atoms with van der Waals surface area (Å²) in [5.74, 6) is 1.36. The second kappa shape index (κ2) is 5.92. The molecule has 2 N–H and O–H groups in total. The van der Waals surface area contributed by atoms with Crippen LogP contribution in [0.5, 0.6) is 11.5 Å². The smallest absolute Gasteiger partial charge is 0.161 e. The third-order valence-electron chi connectivity index (χ3n) is 2.32. The van der Waals surface area contributed by atoms with Crippen LogP contribution >= 0.6 is 15.9 Å². The fraction of sp³-hybridized carbons (Fsp3) is 0.333. The highest BCUT2D eigenvalue weighted by Gasteiger charge is 2.13. The molecule has 0 saturated heterocycles. The predicted molar refractivity (Wildman–Crippen MR) is 69.0 cm³/mol. The van der Waals surface area contributed by atoms with Crippen LogP contribution < -0.4 is 15.2 Å². The molecule has 0 heterocycles. The lowest BCUT2D eigenvalue weighted by Gasteiger charge is -2.15. The first kappa shape index (κ1) is 13.1. The van der Waals surface area contributed by atoms with Gasteiger partial charge in [0, 0.05) is 10.5 Å². The average Bonchev–Trinajstić information content (AvgIpc) is 2.28. The third-order valence-corrected chi connectivity index (χ3v) is 3.01. The molecule has 88 valence electrons. The van der Waals surface area contributed by atoms with Crippen molar-refractivity contribution in [2.75, 3.05) is 14.2 Å². The molecule has 0 aromatic heterocycles. The zero-order valence-electron chi connectivity index (χ0n) is 9.50. The van der Waals surface area contributed by atoms with Crippen molar-refractivity contribution in [1.82, 2.24) is 0 Å². The highest BCUT2D eigenvalue weighted by atomic mass is 79.9. The van der Waals surface area contributed by atoms with Crippen LogP contribution in [0.1, 0.15) is 18.0 Å². The maximum atomic E-state index is 6.02. The zero-order chi connectivity index (χ0) is 12.1. The van der Waals surface area contributed by atoms with Crippen molar-refractivity contribution in [3.05, 3.63) is 34.8 Å². The molecule has 1 aromatic rings. The van der Waals surface area contributed by atoms with Crippen LogP contribution in [-0.4, -0.2) is 14.2 Å². The summed E-state index contributed by atoms with van der Waals surface area (Å²) >= 11 is 3.47. The van der Waals surface area contributed by atoms with E-state index in [0.29, 0.717) is 17.9 Å². The van der Waals surface area contributed by atoms with Crippen molar-refractivity contribution < 1.29 is 9.47 Å². The Balaban J connectivity index is 3.15. The molecule has 1 unspecified atom stereocenters. The van der Waals surface area contributed by atoms with Crippen LogP contribution in [-0.2, 0) is 0 Å². The number of hydrogen-bond donors (Lipinski definition) is 1. The van der Waals surface area contributed by atoms with E-state index in [9.17, 15) is 0 Å². The Hall–Kier alpha value is -1.00. The summed E-state index contributed by atoms with van der Waals surface area (Å²) in [6.45, 7) is 3.68. The highest BCUT2D eigenvalue weighted by molar-refractivity contribution is 9.10. The van der Waals surface area contributed by atoms with Crippen molar-refractivity contribution in [2.45, 2.75) is 12.5 Å². The minimum atomic E-state index is -0.0910. The molecule has 0 bridgehead atoms. The fourth-order valence-corrected chi connectivity index (χ4v) is 2.08. The predicted octanol–water partition coefficient (Wildman–Crippen LogP) is 3.04. The summed E-state index contributed by atoms with van der Waals surface area (Å²) in [7, 11) is 3.21. The van der Waals surface area contributed by atoms with E-state index in [1.54, 1.807) is 20.3 Å². The van der Waals surface area contributed by atoms with E-state index in [4.69, 9.17) is 15.2 Å². The van der Waals surface area contributed by atoms with Crippen molar-refractivity contribution >= 4 is 15.9 Å².